The summed E-state index contributed by atoms with van der Waals surface area (Å²) in [6.07, 6.45) is 1.61. The molecule has 0 spiro atoms. The van der Waals surface area contributed by atoms with E-state index in [1.807, 2.05) is 44.3 Å². The monoisotopic (exact) mass is 308 g/mol. The molecule has 0 N–H and O–H groups in total. The third kappa shape index (κ3) is 2.14. The molecule has 2 aromatic heterocycles. The van der Waals surface area contributed by atoms with Crippen LogP contribution >= 0.6 is 0 Å². The lowest BCUT2D eigenvalue weighted by Crippen LogP contribution is -2.37. The number of rotatable bonds is 1. The molecule has 0 aliphatic carbocycles. The van der Waals surface area contributed by atoms with Crippen LogP contribution in [0.4, 0.5) is 5.69 Å². The van der Waals surface area contributed by atoms with E-state index in [1.54, 1.807) is 15.8 Å². The molecule has 0 radical (unpaired) electrons. The molecule has 6 heteroatoms. The summed E-state index contributed by atoms with van der Waals surface area (Å²) in [5.74, 6) is 0.664. The van der Waals surface area contributed by atoms with Gasteiger partial charge in [-0.2, -0.15) is 5.10 Å². The first-order chi connectivity index (χ1) is 11.1. The Kier molecular flexibility index (Phi) is 3.04. The van der Waals surface area contributed by atoms with Gasteiger partial charge < -0.3 is 9.64 Å². The van der Waals surface area contributed by atoms with Crippen molar-refractivity contribution in [2.75, 3.05) is 18.1 Å². The molecule has 0 saturated carbocycles. The molecule has 3 heterocycles. The number of fused-ring (bicyclic) bond motifs is 2. The molecule has 0 unspecified atom stereocenters. The van der Waals surface area contributed by atoms with Crippen LogP contribution in [0, 0.1) is 6.92 Å². The number of hydrogen-bond acceptors (Lipinski definition) is 4. The molecular formula is C17H16N4O2. The molecule has 23 heavy (non-hydrogen) atoms. The third-order valence-corrected chi connectivity index (χ3v) is 4.08. The van der Waals surface area contributed by atoms with Gasteiger partial charge in [0, 0.05) is 18.6 Å². The molecule has 4 rings (SSSR count). The second-order valence-electron chi connectivity index (χ2n) is 5.58. The van der Waals surface area contributed by atoms with E-state index in [4.69, 9.17) is 4.74 Å². The highest BCUT2D eigenvalue weighted by Gasteiger charge is 2.25. The van der Waals surface area contributed by atoms with E-state index in [-0.39, 0.29) is 5.91 Å². The van der Waals surface area contributed by atoms with Crippen molar-refractivity contribution < 1.29 is 9.53 Å². The highest BCUT2D eigenvalue weighted by atomic mass is 16.5. The van der Waals surface area contributed by atoms with Crippen LogP contribution in [-0.2, 0) is 7.05 Å². The Bertz CT molecular complexity index is 916. The van der Waals surface area contributed by atoms with Crippen molar-refractivity contribution in [3.63, 3.8) is 0 Å². The number of ether oxygens (including phenoxy) is 1. The van der Waals surface area contributed by atoms with Gasteiger partial charge in [0.15, 0.2) is 5.65 Å². The fraction of sp³-hybridized carbons (Fsp3) is 0.235. The molecule has 0 atom stereocenters. The standard InChI is InChI=1S/C17H16N4O2/c1-11-13-9-12(10-18-16(13)20(2)19-11)17(22)21-7-8-23-15-6-4-3-5-14(15)21/h3-6,9-10H,7-8H2,1-2H3. The van der Waals surface area contributed by atoms with Crippen LogP contribution in [0.25, 0.3) is 11.0 Å². The Morgan fingerprint density at radius 2 is 2.13 bits per heavy atom. The minimum absolute atomic E-state index is 0.0709. The first kappa shape index (κ1) is 13.8. The molecule has 3 aromatic rings. The van der Waals surface area contributed by atoms with Crippen LogP contribution in [0.3, 0.4) is 0 Å². The average molecular weight is 308 g/mol. The minimum atomic E-state index is -0.0709. The molecular weight excluding hydrogens is 292 g/mol. The van der Waals surface area contributed by atoms with Crippen molar-refractivity contribution in [1.29, 1.82) is 0 Å². The second-order valence-corrected chi connectivity index (χ2v) is 5.58. The van der Waals surface area contributed by atoms with Gasteiger partial charge in [-0.15, -0.1) is 0 Å². The highest BCUT2D eigenvalue weighted by molar-refractivity contribution is 6.08. The number of aromatic nitrogens is 3. The van der Waals surface area contributed by atoms with Crippen LogP contribution < -0.4 is 9.64 Å². The summed E-state index contributed by atoms with van der Waals surface area (Å²) in [5.41, 5.74) is 3.01. The van der Waals surface area contributed by atoms with Crippen molar-refractivity contribution in [2.24, 2.45) is 7.05 Å². The number of carbonyl (C=O) groups is 1. The number of benzene rings is 1. The van der Waals surface area contributed by atoms with Crippen LogP contribution in [0.1, 0.15) is 16.1 Å². The first-order valence-corrected chi connectivity index (χ1v) is 7.48. The largest absolute Gasteiger partial charge is 0.490 e. The quantitative estimate of drug-likeness (QED) is 0.692. The summed E-state index contributed by atoms with van der Waals surface area (Å²) in [5, 5.41) is 5.25. The average Bonchev–Trinajstić information content (AvgIpc) is 2.87. The third-order valence-electron chi connectivity index (χ3n) is 4.08. The summed E-state index contributed by atoms with van der Waals surface area (Å²) >= 11 is 0. The number of amides is 1. The number of aryl methyl sites for hydroxylation is 2. The Morgan fingerprint density at radius 1 is 1.30 bits per heavy atom. The highest BCUT2D eigenvalue weighted by Crippen LogP contribution is 2.32. The van der Waals surface area contributed by atoms with Gasteiger partial charge in [0.1, 0.15) is 12.4 Å². The SMILES string of the molecule is Cc1nn(C)c2ncc(C(=O)N3CCOc4ccccc43)cc12. The Hall–Kier alpha value is -2.89. The molecule has 1 aliphatic heterocycles. The lowest BCUT2D eigenvalue weighted by atomic mass is 10.1. The molecule has 0 saturated heterocycles. The van der Waals surface area contributed by atoms with Gasteiger partial charge in [-0.3, -0.25) is 9.48 Å². The Labute approximate surface area is 133 Å². The lowest BCUT2D eigenvalue weighted by Gasteiger charge is -2.29. The Morgan fingerprint density at radius 3 is 3.00 bits per heavy atom. The van der Waals surface area contributed by atoms with E-state index < -0.39 is 0 Å². The topological polar surface area (TPSA) is 60.2 Å². The summed E-state index contributed by atoms with van der Waals surface area (Å²) < 4.78 is 7.33. The molecule has 6 nitrogen and oxygen atoms in total. The predicted octanol–water partition coefficient (Wildman–Crippen LogP) is 2.32. The summed E-state index contributed by atoms with van der Waals surface area (Å²) in [6.45, 7) is 2.94. The summed E-state index contributed by atoms with van der Waals surface area (Å²) in [7, 11) is 1.85. The number of nitrogens with zero attached hydrogens (tertiary/aromatic N) is 4. The van der Waals surface area contributed by atoms with Crippen LogP contribution in [0.15, 0.2) is 36.5 Å². The predicted molar refractivity (Wildman–Crippen MR) is 86.9 cm³/mol. The molecule has 1 aromatic carbocycles. The number of anilines is 1. The van der Waals surface area contributed by atoms with E-state index in [0.29, 0.717) is 18.7 Å². The minimum Gasteiger partial charge on any atom is -0.490 e. The van der Waals surface area contributed by atoms with E-state index >= 15 is 0 Å². The van der Waals surface area contributed by atoms with E-state index in [1.165, 1.54) is 0 Å². The van der Waals surface area contributed by atoms with Crippen LogP contribution in [-0.4, -0.2) is 33.8 Å². The van der Waals surface area contributed by atoms with E-state index in [9.17, 15) is 4.79 Å². The number of carbonyl (C=O) groups excluding carboxylic acids is 1. The molecule has 1 amide bonds. The molecule has 0 fully saturated rings. The zero-order chi connectivity index (χ0) is 16.0. The molecule has 1 aliphatic rings. The summed E-state index contributed by atoms with van der Waals surface area (Å²) in [4.78, 5) is 19.1. The van der Waals surface area contributed by atoms with Crippen molar-refractivity contribution in [2.45, 2.75) is 6.92 Å². The lowest BCUT2D eigenvalue weighted by molar-refractivity contribution is 0.0976. The van der Waals surface area contributed by atoms with Gasteiger partial charge in [0.2, 0.25) is 0 Å². The van der Waals surface area contributed by atoms with Gasteiger partial charge in [-0.1, -0.05) is 12.1 Å². The normalized spacial score (nSPS) is 13.7. The van der Waals surface area contributed by atoms with Crippen molar-refractivity contribution in [3.05, 3.63) is 47.8 Å². The number of para-hydroxylation sites is 2. The van der Waals surface area contributed by atoms with Crippen LogP contribution in [0.5, 0.6) is 5.75 Å². The maximum absolute atomic E-state index is 12.9. The zero-order valence-electron chi connectivity index (χ0n) is 13.0. The van der Waals surface area contributed by atoms with Crippen molar-refractivity contribution in [3.8, 4) is 5.75 Å². The van der Waals surface area contributed by atoms with Gasteiger partial charge in [0.25, 0.3) is 5.91 Å². The Balaban J connectivity index is 1.77. The molecule has 116 valence electrons. The van der Waals surface area contributed by atoms with E-state index in [0.717, 1.165) is 28.2 Å². The number of hydrogen-bond donors (Lipinski definition) is 0. The smallest absolute Gasteiger partial charge is 0.260 e. The van der Waals surface area contributed by atoms with Crippen molar-refractivity contribution in [1.82, 2.24) is 14.8 Å². The van der Waals surface area contributed by atoms with Gasteiger partial charge >= 0.3 is 0 Å². The van der Waals surface area contributed by atoms with Crippen molar-refractivity contribution >= 4 is 22.6 Å². The van der Waals surface area contributed by atoms with Gasteiger partial charge in [0.05, 0.1) is 23.5 Å². The molecule has 0 bridgehead atoms. The van der Waals surface area contributed by atoms with Gasteiger partial charge in [-0.05, 0) is 25.1 Å². The van der Waals surface area contributed by atoms with E-state index in [2.05, 4.69) is 10.1 Å². The fourth-order valence-corrected chi connectivity index (χ4v) is 2.96. The van der Waals surface area contributed by atoms with Gasteiger partial charge in [-0.25, -0.2) is 4.98 Å². The second kappa shape index (κ2) is 5.08. The zero-order valence-corrected chi connectivity index (χ0v) is 13.0. The maximum Gasteiger partial charge on any atom is 0.260 e. The maximum atomic E-state index is 12.9. The number of pyridine rings is 1. The fourth-order valence-electron chi connectivity index (χ4n) is 2.96. The summed E-state index contributed by atoms with van der Waals surface area (Å²) in [6, 6.07) is 9.44. The first-order valence-electron chi connectivity index (χ1n) is 7.48. The van der Waals surface area contributed by atoms with Crippen LogP contribution in [0.2, 0.25) is 0 Å².